The molecule has 0 unspecified atom stereocenters. The smallest absolute Gasteiger partial charge is 0.127 e. The Kier molecular flexibility index (Phi) is 33.8. The van der Waals surface area contributed by atoms with Crippen molar-refractivity contribution in [3.05, 3.63) is 334 Å². The largest absolute Gasteiger partial charge is 0.493 e. The maximum Gasteiger partial charge on any atom is 0.127 e. The Labute approximate surface area is 798 Å². The molecule has 12 aromatic carbocycles. The molecule has 0 amide bonds. The third-order valence-electron chi connectivity index (χ3n) is 29.4. The lowest BCUT2D eigenvalue weighted by molar-refractivity contribution is 0.296. The molecule has 0 saturated carbocycles. The van der Waals surface area contributed by atoms with Gasteiger partial charge in [0.2, 0.25) is 0 Å². The van der Waals surface area contributed by atoms with Gasteiger partial charge in [0.25, 0.3) is 0 Å². The molecule has 0 N–H and O–H groups in total. The third kappa shape index (κ3) is 23.0. The minimum atomic E-state index is -0.215. The summed E-state index contributed by atoms with van der Waals surface area (Å²) in [5.41, 5.74) is 38.2. The van der Waals surface area contributed by atoms with Crippen LogP contribution in [0.5, 0.6) is 11.5 Å². The number of anilines is 6. The fourth-order valence-electron chi connectivity index (χ4n) is 22.1. The lowest BCUT2D eigenvalue weighted by Gasteiger charge is -2.34. The molecule has 2 aliphatic carbocycles. The summed E-state index contributed by atoms with van der Waals surface area (Å²) in [5, 5.41) is 0. The van der Waals surface area contributed by atoms with Crippen LogP contribution in [0.25, 0.3) is 67.8 Å². The molecule has 0 aliphatic heterocycles. The van der Waals surface area contributed by atoms with Crippen LogP contribution in [0.3, 0.4) is 0 Å². The highest BCUT2D eigenvalue weighted by Gasteiger charge is 2.45. The number of fused-ring (bicyclic) bond motifs is 6. The SMILES string of the molecule is C=Cc1c(C)cc(CCCOc2cc(C(C)(C)C)c(OCCCc3cc(C)c(C=C)c(C)c3)cc2-c2ccc3c(c2)C(CCCCCCCC)(CCCCCCCC)c2cc(-c4ccc(N(c5ccccc5)c5ccc(N(c6ccccc6)c6ccc(-c7ccc8c(c7)C(CCCCCCCC)(CCCCCCCC)c7cc(C(C)(C)C)ccc7-8)cc6)cc5)cc4)ccc2-3)cc1C. The Hall–Kier alpha value is -10.7. The summed E-state index contributed by atoms with van der Waals surface area (Å²) in [5.74, 6) is 1.87. The van der Waals surface area contributed by atoms with Crippen molar-refractivity contribution in [2.24, 2.45) is 0 Å². The average molecular weight is 1750 g/mol. The molecule has 0 saturated heterocycles. The van der Waals surface area contributed by atoms with Gasteiger partial charge < -0.3 is 19.3 Å². The van der Waals surface area contributed by atoms with Crippen LogP contribution < -0.4 is 19.3 Å². The molecule has 0 heterocycles. The van der Waals surface area contributed by atoms with Gasteiger partial charge in [-0.3, -0.25) is 0 Å². The highest BCUT2D eigenvalue weighted by atomic mass is 16.5. The van der Waals surface area contributed by atoms with E-state index >= 15 is 0 Å². The van der Waals surface area contributed by atoms with E-state index in [1.165, 1.54) is 284 Å². The van der Waals surface area contributed by atoms with Crippen molar-refractivity contribution in [3.8, 4) is 67.1 Å². The first kappa shape index (κ1) is 97.3. The van der Waals surface area contributed by atoms with Crippen molar-refractivity contribution >= 4 is 46.3 Å². The number of aryl methyl sites for hydroxylation is 6. The van der Waals surface area contributed by atoms with Crippen molar-refractivity contribution in [3.63, 3.8) is 0 Å². The Bertz CT molecular complexity index is 5690. The maximum absolute atomic E-state index is 7.25. The predicted octanol–water partition coefficient (Wildman–Crippen LogP) is 38.3. The molecule has 690 valence electrons. The van der Waals surface area contributed by atoms with Gasteiger partial charge in [0.1, 0.15) is 11.5 Å². The second kappa shape index (κ2) is 45.8. The second-order valence-corrected chi connectivity index (χ2v) is 41.2. The van der Waals surface area contributed by atoms with Gasteiger partial charge in [-0.25, -0.2) is 0 Å². The summed E-state index contributed by atoms with van der Waals surface area (Å²) in [4.78, 5) is 4.84. The average Bonchev–Trinajstić information content (AvgIpc) is 1.56. The molecule has 2 aliphatic rings. The van der Waals surface area contributed by atoms with Gasteiger partial charge in [-0.2, -0.15) is 0 Å². The highest BCUT2D eigenvalue weighted by molar-refractivity contribution is 5.90. The molecule has 0 radical (unpaired) electrons. The lowest BCUT2D eigenvalue weighted by Crippen LogP contribution is -2.26. The van der Waals surface area contributed by atoms with Crippen molar-refractivity contribution in [2.45, 2.75) is 324 Å². The summed E-state index contributed by atoms with van der Waals surface area (Å²) in [6, 6.07) is 94.2. The Morgan fingerprint density at radius 2 is 0.583 bits per heavy atom. The minimum absolute atomic E-state index is 0.0136. The number of para-hydroxylation sites is 2. The van der Waals surface area contributed by atoms with Gasteiger partial charge in [-0.05, 0) is 315 Å². The van der Waals surface area contributed by atoms with Crippen LogP contribution in [0.4, 0.5) is 34.1 Å². The number of hydrogen-bond acceptors (Lipinski definition) is 4. The van der Waals surface area contributed by atoms with E-state index in [4.69, 9.17) is 9.47 Å². The molecule has 0 fully saturated rings. The van der Waals surface area contributed by atoms with Crippen LogP contribution >= 0.6 is 0 Å². The molecule has 0 aromatic heterocycles. The molecular weight excluding hydrogens is 1600 g/mol. The summed E-state index contributed by atoms with van der Waals surface area (Å²) in [6.07, 6.45) is 43.0. The van der Waals surface area contributed by atoms with E-state index in [2.05, 4.69) is 363 Å². The summed E-state index contributed by atoms with van der Waals surface area (Å²) in [7, 11) is 0. The first-order valence-corrected chi connectivity index (χ1v) is 51.6. The van der Waals surface area contributed by atoms with E-state index in [1.54, 1.807) is 11.1 Å². The van der Waals surface area contributed by atoms with Gasteiger partial charge >= 0.3 is 0 Å². The highest BCUT2D eigenvalue weighted by Crippen LogP contribution is 2.59. The van der Waals surface area contributed by atoms with E-state index in [0.29, 0.717) is 13.2 Å². The van der Waals surface area contributed by atoms with Gasteiger partial charge in [0.15, 0.2) is 0 Å². The van der Waals surface area contributed by atoms with E-state index in [0.717, 1.165) is 89.7 Å². The molecule has 14 rings (SSSR count). The topological polar surface area (TPSA) is 24.9 Å². The fourth-order valence-corrected chi connectivity index (χ4v) is 22.1. The molecule has 132 heavy (non-hydrogen) atoms. The number of ether oxygens (including phenoxy) is 2. The van der Waals surface area contributed by atoms with Crippen LogP contribution in [0.1, 0.15) is 340 Å². The van der Waals surface area contributed by atoms with Crippen LogP contribution in [0.15, 0.2) is 256 Å². The third-order valence-corrected chi connectivity index (χ3v) is 29.4. The summed E-state index contributed by atoms with van der Waals surface area (Å²) >= 11 is 0. The van der Waals surface area contributed by atoms with Gasteiger partial charge in [0, 0.05) is 56.1 Å². The van der Waals surface area contributed by atoms with E-state index in [-0.39, 0.29) is 21.7 Å². The van der Waals surface area contributed by atoms with E-state index in [1.807, 2.05) is 12.2 Å². The van der Waals surface area contributed by atoms with Crippen LogP contribution in [-0.4, -0.2) is 13.2 Å². The first-order valence-electron chi connectivity index (χ1n) is 51.6. The zero-order valence-electron chi connectivity index (χ0n) is 83.4. The zero-order valence-corrected chi connectivity index (χ0v) is 83.4. The van der Waals surface area contributed by atoms with Gasteiger partial charge in [0.05, 0.1) is 13.2 Å². The minimum Gasteiger partial charge on any atom is -0.493 e. The lowest BCUT2D eigenvalue weighted by atomic mass is 9.69. The Morgan fingerprint density at radius 3 is 0.932 bits per heavy atom. The molecule has 0 bridgehead atoms. The van der Waals surface area contributed by atoms with Gasteiger partial charge in [-0.15, -0.1) is 0 Å². The number of nitrogens with zero attached hydrogens (tertiary/aromatic N) is 2. The van der Waals surface area contributed by atoms with Crippen molar-refractivity contribution in [1.82, 2.24) is 0 Å². The van der Waals surface area contributed by atoms with E-state index < -0.39 is 0 Å². The fraction of sp³-hybridized carbons (Fsp3) is 0.406. The molecule has 12 aromatic rings. The number of unbranched alkanes of at least 4 members (excludes halogenated alkanes) is 20. The molecule has 0 spiro atoms. The number of rotatable bonds is 49. The monoisotopic (exact) mass is 1750 g/mol. The number of hydrogen-bond donors (Lipinski definition) is 0. The normalized spacial score (nSPS) is 12.9. The number of benzene rings is 12. The van der Waals surface area contributed by atoms with Gasteiger partial charge in [-0.1, -0.05) is 388 Å². The molecule has 4 nitrogen and oxygen atoms in total. The predicted molar refractivity (Wildman–Crippen MR) is 574 cm³/mol. The van der Waals surface area contributed by atoms with Crippen LogP contribution in [0.2, 0.25) is 0 Å². The van der Waals surface area contributed by atoms with E-state index in [9.17, 15) is 0 Å². The molecular formula is C128H156N2O2. The van der Waals surface area contributed by atoms with Crippen molar-refractivity contribution < 1.29 is 9.47 Å². The quantitative estimate of drug-likeness (QED) is 0.0355. The maximum atomic E-state index is 7.25. The molecule has 0 atom stereocenters. The van der Waals surface area contributed by atoms with Crippen LogP contribution in [-0.2, 0) is 34.5 Å². The second-order valence-electron chi connectivity index (χ2n) is 41.2. The Balaban J connectivity index is 0.786. The Morgan fingerprint density at radius 1 is 0.280 bits per heavy atom. The van der Waals surface area contributed by atoms with Crippen molar-refractivity contribution in [2.75, 3.05) is 23.0 Å². The first-order chi connectivity index (χ1) is 64.1. The molecule has 4 heteroatoms. The van der Waals surface area contributed by atoms with Crippen LogP contribution in [0, 0.1) is 27.7 Å². The zero-order chi connectivity index (χ0) is 92.8. The standard InChI is InChI=1S/C128H156N2O2/c1-17-23-27-31-35-45-77-127(78-46-36-32-28-24-18-2)118-87-101(61-73-113(118)115-75-63-103(89-120(115)127)117-91-124(132-82-50-52-98-85-95(9)112(22-6)96(10)86-98)122(126(14,15)16)92-123(117)131-81-49-51-97-83-93(7)111(21-5)94(8)84-97)99-57-65-107(66-58-99)129(105-53-41-39-42-54-105)109-69-71-110(72-70-109)130(106-55-43-40-44-56-106)108-67-59-100(60-68-108)102-62-74-114-116-76-64-104(125(11,12)13)90-121(116)128(119(114)88-102,79-47-37-33-29-25-19-3)80-48-38-34-30-26-20-4/h21-22,39-44,53-76,83-92H,5-6,17-20,23-38,45-52,77-82H2,1-4,7-16H3. The summed E-state index contributed by atoms with van der Waals surface area (Å²) in [6.45, 7) is 41.8. The van der Waals surface area contributed by atoms with Crippen molar-refractivity contribution in [1.29, 1.82) is 0 Å². The summed E-state index contributed by atoms with van der Waals surface area (Å²) < 4.78 is 14.4.